The van der Waals surface area contributed by atoms with Gasteiger partial charge in [0.05, 0.1) is 24.6 Å². The molecule has 1 rings (SSSR count). The summed E-state index contributed by atoms with van der Waals surface area (Å²) < 4.78 is 2.00. The molecule has 0 bridgehead atoms. The Hall–Kier alpha value is -1.34. The predicted molar refractivity (Wildman–Crippen MR) is 54.8 cm³/mol. The highest BCUT2D eigenvalue weighted by atomic mass is 15.1. The summed E-state index contributed by atoms with van der Waals surface area (Å²) in [4.78, 5) is 4.19. The molecule has 0 radical (unpaired) electrons. The average molecular weight is 192 g/mol. The zero-order chi connectivity index (χ0) is 10.8. The molecule has 1 heterocycles. The highest BCUT2D eigenvalue weighted by Crippen LogP contribution is 2.10. The van der Waals surface area contributed by atoms with Crippen molar-refractivity contribution in [1.29, 1.82) is 5.26 Å². The number of hydrogen-bond acceptors (Lipinski definition) is 3. The normalized spacial score (nSPS) is 14.8. The van der Waals surface area contributed by atoms with Crippen molar-refractivity contribution in [3.63, 3.8) is 0 Å². The van der Waals surface area contributed by atoms with Crippen LogP contribution in [0, 0.1) is 25.2 Å². The Bertz CT molecular complexity index is 361. The van der Waals surface area contributed by atoms with E-state index in [0.717, 1.165) is 11.4 Å². The first-order valence-electron chi connectivity index (χ1n) is 4.61. The van der Waals surface area contributed by atoms with Gasteiger partial charge in [0.25, 0.3) is 0 Å². The zero-order valence-electron chi connectivity index (χ0n) is 9.13. The van der Waals surface area contributed by atoms with Gasteiger partial charge >= 0.3 is 0 Å². The Morgan fingerprint density at radius 2 is 2.29 bits per heavy atom. The number of nitriles is 1. The van der Waals surface area contributed by atoms with Crippen LogP contribution in [-0.2, 0) is 6.54 Å². The lowest BCUT2D eigenvalue weighted by Crippen LogP contribution is -2.42. The third-order valence-corrected chi connectivity index (χ3v) is 2.63. The lowest BCUT2D eigenvalue weighted by Gasteiger charge is -2.21. The number of nitrogens with one attached hydrogen (secondary N) is 1. The minimum Gasteiger partial charge on any atom is -0.332 e. The highest BCUT2D eigenvalue weighted by Gasteiger charge is 2.22. The summed E-state index contributed by atoms with van der Waals surface area (Å²) >= 11 is 0. The molecule has 0 amide bonds. The van der Waals surface area contributed by atoms with E-state index in [1.165, 1.54) is 0 Å². The van der Waals surface area contributed by atoms with Gasteiger partial charge < -0.3 is 9.88 Å². The Labute approximate surface area is 84.6 Å². The largest absolute Gasteiger partial charge is 0.332 e. The van der Waals surface area contributed by atoms with Crippen LogP contribution in [0.1, 0.15) is 18.3 Å². The Kier molecular flexibility index (Phi) is 2.92. The number of aryl methyl sites for hydroxylation is 1. The average Bonchev–Trinajstić information content (AvgIpc) is 2.49. The van der Waals surface area contributed by atoms with Crippen molar-refractivity contribution in [2.24, 2.45) is 0 Å². The van der Waals surface area contributed by atoms with Crippen LogP contribution < -0.4 is 5.32 Å². The predicted octanol–water partition coefficient (Wildman–Crippen LogP) is 1.00. The summed E-state index contributed by atoms with van der Waals surface area (Å²) in [6.07, 6.45) is 1.78. The summed E-state index contributed by atoms with van der Waals surface area (Å²) in [5, 5.41) is 12.0. The molecule has 4 nitrogen and oxygen atoms in total. The van der Waals surface area contributed by atoms with Crippen molar-refractivity contribution in [1.82, 2.24) is 14.9 Å². The molecule has 0 spiro atoms. The molecule has 0 aliphatic rings. The molecule has 1 N–H and O–H groups in total. The van der Waals surface area contributed by atoms with Crippen LogP contribution in [0.15, 0.2) is 6.33 Å². The maximum atomic E-state index is 9.00. The summed E-state index contributed by atoms with van der Waals surface area (Å²) in [7, 11) is 1.79. The fraction of sp³-hybridized carbons (Fsp3) is 0.600. The Morgan fingerprint density at radius 1 is 1.64 bits per heavy atom. The van der Waals surface area contributed by atoms with E-state index in [1.54, 1.807) is 13.4 Å². The van der Waals surface area contributed by atoms with Crippen LogP contribution in [0.4, 0.5) is 0 Å². The maximum Gasteiger partial charge on any atom is 0.121 e. The van der Waals surface area contributed by atoms with E-state index in [4.69, 9.17) is 5.26 Å². The van der Waals surface area contributed by atoms with Crippen molar-refractivity contribution in [2.75, 3.05) is 7.05 Å². The van der Waals surface area contributed by atoms with Crippen molar-refractivity contribution in [3.05, 3.63) is 17.7 Å². The highest BCUT2D eigenvalue weighted by molar-refractivity contribution is 5.12. The van der Waals surface area contributed by atoms with E-state index < -0.39 is 5.54 Å². The van der Waals surface area contributed by atoms with Crippen molar-refractivity contribution in [2.45, 2.75) is 32.9 Å². The molecule has 0 aliphatic heterocycles. The summed E-state index contributed by atoms with van der Waals surface area (Å²) in [5.74, 6) is 0. The van der Waals surface area contributed by atoms with Gasteiger partial charge in [0.2, 0.25) is 0 Å². The first-order valence-corrected chi connectivity index (χ1v) is 4.61. The molecular formula is C10H16N4. The van der Waals surface area contributed by atoms with Gasteiger partial charge in [-0.25, -0.2) is 4.98 Å². The third kappa shape index (κ3) is 1.94. The number of hydrogen-bond donors (Lipinski definition) is 1. The van der Waals surface area contributed by atoms with Gasteiger partial charge in [-0.3, -0.25) is 0 Å². The van der Waals surface area contributed by atoms with Crippen molar-refractivity contribution < 1.29 is 0 Å². The van der Waals surface area contributed by atoms with Gasteiger partial charge in [0.15, 0.2) is 0 Å². The Balaban J connectivity index is 2.89. The molecule has 0 saturated heterocycles. The molecule has 0 fully saturated rings. The molecule has 76 valence electrons. The first-order chi connectivity index (χ1) is 6.52. The maximum absolute atomic E-state index is 9.00. The molecule has 0 aliphatic carbocycles. The van der Waals surface area contributed by atoms with Gasteiger partial charge in [-0.05, 0) is 27.8 Å². The number of imidazole rings is 1. The molecule has 1 aromatic heterocycles. The summed E-state index contributed by atoms with van der Waals surface area (Å²) in [6.45, 7) is 6.47. The lowest BCUT2D eigenvalue weighted by molar-refractivity contribution is 0.414. The quantitative estimate of drug-likeness (QED) is 0.777. The molecule has 0 aromatic carbocycles. The van der Waals surface area contributed by atoms with E-state index in [0.29, 0.717) is 6.54 Å². The monoisotopic (exact) mass is 192 g/mol. The molecule has 1 atom stereocenters. The second-order valence-corrected chi connectivity index (χ2v) is 3.74. The standard InChI is InChI=1S/C10H16N4/c1-8-9(2)14(7-13-8)6-10(3,5-11)12-4/h7,12H,6H2,1-4H3. The van der Waals surface area contributed by atoms with Gasteiger partial charge in [0.1, 0.15) is 5.54 Å². The topological polar surface area (TPSA) is 53.6 Å². The van der Waals surface area contributed by atoms with E-state index in [-0.39, 0.29) is 0 Å². The minimum atomic E-state index is -0.530. The van der Waals surface area contributed by atoms with Gasteiger partial charge in [-0.1, -0.05) is 0 Å². The van der Waals surface area contributed by atoms with Crippen molar-refractivity contribution >= 4 is 0 Å². The fourth-order valence-electron chi connectivity index (χ4n) is 1.21. The fourth-order valence-corrected chi connectivity index (χ4v) is 1.21. The number of rotatable bonds is 3. The van der Waals surface area contributed by atoms with Crippen LogP contribution in [0.5, 0.6) is 0 Å². The van der Waals surface area contributed by atoms with Crippen LogP contribution in [0.3, 0.4) is 0 Å². The second-order valence-electron chi connectivity index (χ2n) is 3.74. The van der Waals surface area contributed by atoms with Crippen LogP contribution in [0.2, 0.25) is 0 Å². The van der Waals surface area contributed by atoms with E-state index in [2.05, 4.69) is 16.4 Å². The molecule has 1 aromatic rings. The number of nitrogens with zero attached hydrogens (tertiary/aromatic N) is 3. The van der Waals surface area contributed by atoms with Crippen LogP contribution >= 0.6 is 0 Å². The van der Waals surface area contributed by atoms with E-state index in [1.807, 2.05) is 25.3 Å². The van der Waals surface area contributed by atoms with Crippen LogP contribution in [0.25, 0.3) is 0 Å². The number of aromatic nitrogens is 2. The summed E-state index contributed by atoms with van der Waals surface area (Å²) in [5.41, 5.74) is 1.60. The third-order valence-electron chi connectivity index (χ3n) is 2.63. The lowest BCUT2D eigenvalue weighted by atomic mass is 10.1. The van der Waals surface area contributed by atoms with Crippen LogP contribution in [-0.4, -0.2) is 22.1 Å². The molecular weight excluding hydrogens is 176 g/mol. The van der Waals surface area contributed by atoms with E-state index in [9.17, 15) is 0 Å². The number of likely N-dealkylation sites (N-methyl/N-ethyl adjacent to an activating group) is 1. The first kappa shape index (κ1) is 10.7. The second kappa shape index (κ2) is 3.81. The molecule has 14 heavy (non-hydrogen) atoms. The van der Waals surface area contributed by atoms with Gasteiger partial charge in [0, 0.05) is 5.69 Å². The molecule has 0 saturated carbocycles. The SMILES string of the molecule is CNC(C)(C#N)Cn1cnc(C)c1C. The zero-order valence-corrected chi connectivity index (χ0v) is 9.13. The molecule has 1 unspecified atom stereocenters. The van der Waals surface area contributed by atoms with E-state index >= 15 is 0 Å². The summed E-state index contributed by atoms with van der Waals surface area (Å²) in [6, 6.07) is 2.25. The smallest absolute Gasteiger partial charge is 0.121 e. The minimum absolute atomic E-state index is 0.530. The molecule has 4 heteroatoms. The Morgan fingerprint density at radius 3 is 2.64 bits per heavy atom. The van der Waals surface area contributed by atoms with Gasteiger partial charge in [-0.15, -0.1) is 0 Å². The van der Waals surface area contributed by atoms with Crippen molar-refractivity contribution in [3.8, 4) is 6.07 Å². The van der Waals surface area contributed by atoms with Gasteiger partial charge in [-0.2, -0.15) is 5.26 Å².